The van der Waals surface area contributed by atoms with Crippen molar-refractivity contribution in [3.63, 3.8) is 0 Å². The molecule has 3 aliphatic rings. The van der Waals surface area contributed by atoms with E-state index in [2.05, 4.69) is 33.4 Å². The number of anilines is 2. The van der Waals surface area contributed by atoms with E-state index in [1.54, 1.807) is 6.07 Å². The molecule has 2 atom stereocenters. The number of nitrogens with one attached hydrogen (secondary N) is 1. The van der Waals surface area contributed by atoms with Crippen molar-refractivity contribution in [3.8, 4) is 0 Å². The summed E-state index contributed by atoms with van der Waals surface area (Å²) in [4.78, 5) is 50.9. The molecule has 10 nitrogen and oxygen atoms in total. The molecule has 0 saturated carbocycles. The van der Waals surface area contributed by atoms with Crippen molar-refractivity contribution in [1.29, 1.82) is 0 Å². The maximum absolute atomic E-state index is 14.7. The van der Waals surface area contributed by atoms with Crippen LogP contribution in [0.3, 0.4) is 0 Å². The Morgan fingerprint density at radius 3 is 2.45 bits per heavy atom. The van der Waals surface area contributed by atoms with Crippen LogP contribution < -0.4 is 10.2 Å². The second kappa shape index (κ2) is 12.3. The van der Waals surface area contributed by atoms with Gasteiger partial charge in [-0.25, -0.2) is 9.18 Å². The molecule has 228 valence electrons. The van der Waals surface area contributed by atoms with E-state index in [0.29, 0.717) is 17.7 Å². The molecule has 44 heavy (non-hydrogen) atoms. The number of aromatic carboxylic acids is 1. The molecule has 0 aliphatic carbocycles. The Bertz CT molecular complexity index is 1640. The fourth-order valence-corrected chi connectivity index (χ4v) is 6.18. The number of benzene rings is 3. The Labute approximate surface area is 258 Å². The van der Waals surface area contributed by atoms with Crippen LogP contribution in [0.2, 0.25) is 5.02 Å². The van der Waals surface area contributed by atoms with Crippen molar-refractivity contribution < 1.29 is 28.7 Å². The number of hydrogen-bond donors (Lipinski definition) is 2. The Hall–Kier alpha value is -4.48. The zero-order chi connectivity index (χ0) is 31.0. The normalized spacial score (nSPS) is 20.0. The van der Waals surface area contributed by atoms with Gasteiger partial charge in [0.25, 0.3) is 11.8 Å². The molecule has 0 bridgehead atoms. The molecular formula is C32H31ClFN5O5. The van der Waals surface area contributed by atoms with Crippen LogP contribution in [0.1, 0.15) is 39.5 Å². The summed E-state index contributed by atoms with van der Waals surface area (Å²) in [6, 6.07) is 15.2. The van der Waals surface area contributed by atoms with Crippen LogP contribution in [0.5, 0.6) is 0 Å². The SMILES string of the molecule is CN1CCN(c2cccc3c2CCN(C(=O)C2CC(c4cccc(Cl)c4F)=NO2)C3C(=O)Nc2ccc(C(=O)O)cc2)CC1. The third-order valence-corrected chi connectivity index (χ3v) is 8.67. The number of halogens is 2. The highest BCUT2D eigenvalue weighted by Gasteiger charge is 2.42. The summed E-state index contributed by atoms with van der Waals surface area (Å²) >= 11 is 5.96. The average Bonchev–Trinajstić information content (AvgIpc) is 3.52. The number of rotatable bonds is 6. The highest BCUT2D eigenvalue weighted by molar-refractivity contribution is 6.31. The van der Waals surface area contributed by atoms with Crippen molar-refractivity contribution in [1.82, 2.24) is 9.80 Å². The van der Waals surface area contributed by atoms with Crippen molar-refractivity contribution >= 4 is 46.5 Å². The molecule has 0 radical (unpaired) electrons. The first kappa shape index (κ1) is 29.6. The highest BCUT2D eigenvalue weighted by atomic mass is 35.5. The Morgan fingerprint density at radius 1 is 1.00 bits per heavy atom. The largest absolute Gasteiger partial charge is 0.478 e. The van der Waals surface area contributed by atoms with E-state index in [-0.39, 0.29) is 34.8 Å². The van der Waals surface area contributed by atoms with Gasteiger partial charge in [-0.1, -0.05) is 35.0 Å². The van der Waals surface area contributed by atoms with E-state index in [9.17, 15) is 23.9 Å². The lowest BCUT2D eigenvalue weighted by Gasteiger charge is -2.40. The number of carboxylic acids is 1. The first-order valence-electron chi connectivity index (χ1n) is 14.4. The van der Waals surface area contributed by atoms with Gasteiger partial charge >= 0.3 is 5.97 Å². The lowest BCUT2D eigenvalue weighted by Crippen LogP contribution is -2.50. The summed E-state index contributed by atoms with van der Waals surface area (Å²) in [7, 11) is 2.09. The number of nitrogens with zero attached hydrogens (tertiary/aromatic N) is 4. The van der Waals surface area contributed by atoms with Gasteiger partial charge in [-0.15, -0.1) is 0 Å². The van der Waals surface area contributed by atoms with Gasteiger partial charge in [0.15, 0.2) is 5.82 Å². The molecule has 2 N–H and O–H groups in total. The number of oxime groups is 1. The van der Waals surface area contributed by atoms with Crippen LogP contribution in [0.15, 0.2) is 65.8 Å². The fraction of sp³-hybridized carbons (Fsp3) is 0.312. The summed E-state index contributed by atoms with van der Waals surface area (Å²) in [5.41, 5.74) is 3.67. The lowest BCUT2D eigenvalue weighted by atomic mass is 9.89. The minimum absolute atomic E-state index is 0.0196. The quantitative estimate of drug-likeness (QED) is 0.425. The van der Waals surface area contributed by atoms with E-state index in [4.69, 9.17) is 16.4 Å². The topological polar surface area (TPSA) is 115 Å². The Balaban J connectivity index is 1.30. The number of amides is 2. The number of carbonyl (C=O) groups is 3. The van der Waals surface area contributed by atoms with Gasteiger partial charge in [-0.3, -0.25) is 9.59 Å². The first-order chi connectivity index (χ1) is 21.2. The minimum Gasteiger partial charge on any atom is -0.478 e. The zero-order valence-corrected chi connectivity index (χ0v) is 24.8. The van der Waals surface area contributed by atoms with Crippen molar-refractivity contribution in [3.05, 3.63) is 93.8 Å². The van der Waals surface area contributed by atoms with Gasteiger partial charge in [0.2, 0.25) is 6.10 Å². The molecule has 0 aromatic heterocycles. The molecule has 1 fully saturated rings. The maximum Gasteiger partial charge on any atom is 0.335 e. The average molecular weight is 620 g/mol. The lowest BCUT2D eigenvalue weighted by molar-refractivity contribution is -0.148. The van der Waals surface area contributed by atoms with Crippen molar-refractivity contribution in [2.75, 3.05) is 50.0 Å². The first-order valence-corrected chi connectivity index (χ1v) is 14.8. The molecule has 12 heteroatoms. The molecule has 3 aliphatic heterocycles. The minimum atomic E-state index is -1.08. The van der Waals surface area contributed by atoms with Crippen LogP contribution in [0, 0.1) is 5.82 Å². The summed E-state index contributed by atoms with van der Waals surface area (Å²) in [5, 5.41) is 16.1. The summed E-state index contributed by atoms with van der Waals surface area (Å²) in [5.74, 6) is -2.60. The molecule has 0 spiro atoms. The van der Waals surface area contributed by atoms with Gasteiger partial charge in [0.05, 0.1) is 16.3 Å². The molecule has 1 saturated heterocycles. The van der Waals surface area contributed by atoms with Crippen molar-refractivity contribution in [2.24, 2.45) is 5.16 Å². The molecule has 3 aromatic carbocycles. The molecule has 3 heterocycles. The van der Waals surface area contributed by atoms with Crippen LogP contribution in [0.25, 0.3) is 0 Å². The number of hydrogen-bond acceptors (Lipinski definition) is 7. The second-order valence-electron chi connectivity index (χ2n) is 11.1. The van der Waals surface area contributed by atoms with Crippen LogP contribution in [-0.4, -0.2) is 84.3 Å². The molecule has 2 unspecified atom stereocenters. The fourth-order valence-electron chi connectivity index (χ4n) is 6.00. The predicted molar refractivity (Wildman–Crippen MR) is 164 cm³/mol. The van der Waals surface area contributed by atoms with Gasteiger partial charge < -0.3 is 30.0 Å². The monoisotopic (exact) mass is 619 g/mol. The van der Waals surface area contributed by atoms with Crippen LogP contribution >= 0.6 is 11.6 Å². The smallest absolute Gasteiger partial charge is 0.335 e. The number of piperazine rings is 1. The summed E-state index contributed by atoms with van der Waals surface area (Å²) in [6.07, 6.45) is -0.494. The highest BCUT2D eigenvalue weighted by Crippen LogP contribution is 2.38. The third kappa shape index (κ3) is 5.72. The van der Waals surface area contributed by atoms with Gasteiger partial charge in [0.1, 0.15) is 6.04 Å². The number of likely N-dealkylation sites (N-methyl/N-ethyl adjacent to an activating group) is 1. The summed E-state index contributed by atoms with van der Waals surface area (Å²) in [6.45, 7) is 3.78. The second-order valence-corrected chi connectivity index (χ2v) is 11.5. The van der Waals surface area contributed by atoms with Gasteiger partial charge in [-0.05, 0) is 67.1 Å². The number of carbonyl (C=O) groups excluding carboxylic acids is 2. The van der Waals surface area contributed by atoms with E-state index in [0.717, 1.165) is 37.4 Å². The molecular weight excluding hydrogens is 589 g/mol. The van der Waals surface area contributed by atoms with E-state index in [1.165, 1.54) is 41.3 Å². The van der Waals surface area contributed by atoms with Gasteiger partial charge in [-0.2, -0.15) is 0 Å². The maximum atomic E-state index is 14.7. The van der Waals surface area contributed by atoms with Crippen LogP contribution in [-0.2, 0) is 20.8 Å². The van der Waals surface area contributed by atoms with Gasteiger partial charge in [0, 0.05) is 56.1 Å². The standard InChI is InChI=1S/C32H31ClFN5O5/c1-37-14-16-38(17-15-37)26-7-3-4-22-21(26)12-13-39(29(22)30(40)35-20-10-8-19(9-11-20)32(42)43)31(41)27-18-25(36-44-27)23-5-2-6-24(33)28(23)34/h2-11,27,29H,12-18H2,1H3,(H,35,40)(H,42,43). The number of carboxylic acid groups (broad SMARTS) is 1. The number of fused-ring (bicyclic) bond motifs is 1. The summed E-state index contributed by atoms with van der Waals surface area (Å²) < 4.78 is 14.7. The third-order valence-electron chi connectivity index (χ3n) is 8.38. The van der Waals surface area contributed by atoms with E-state index >= 15 is 0 Å². The Kier molecular flexibility index (Phi) is 8.24. The molecule has 6 rings (SSSR count). The van der Waals surface area contributed by atoms with E-state index < -0.39 is 35.7 Å². The van der Waals surface area contributed by atoms with Crippen LogP contribution in [0.4, 0.5) is 15.8 Å². The predicted octanol–water partition coefficient (Wildman–Crippen LogP) is 4.19. The zero-order valence-electron chi connectivity index (χ0n) is 24.0. The van der Waals surface area contributed by atoms with E-state index in [1.807, 2.05) is 12.1 Å². The molecule has 2 amide bonds. The van der Waals surface area contributed by atoms with Crippen molar-refractivity contribution in [2.45, 2.75) is 25.0 Å². The Morgan fingerprint density at radius 2 is 1.73 bits per heavy atom. The molecule has 3 aromatic rings.